The third kappa shape index (κ3) is 4.67. The van der Waals surface area contributed by atoms with Gasteiger partial charge >= 0.3 is 0 Å². The smallest absolute Gasteiger partial charge is 0.245 e. The molecule has 4 fully saturated rings. The number of halogens is 3. The van der Waals surface area contributed by atoms with Crippen LogP contribution in [0.3, 0.4) is 0 Å². The van der Waals surface area contributed by atoms with Gasteiger partial charge in [-0.25, -0.2) is 8.42 Å². The van der Waals surface area contributed by atoms with Crippen LogP contribution >= 0.6 is 34.8 Å². The van der Waals surface area contributed by atoms with E-state index in [1.165, 1.54) is 56.2 Å². The van der Waals surface area contributed by atoms with Gasteiger partial charge in [-0.15, -0.1) is 0 Å². The normalized spacial score (nSPS) is 27.6. The molecule has 4 bridgehead atoms. The number of amides is 1. The fourth-order valence-electron chi connectivity index (χ4n) is 6.79. The van der Waals surface area contributed by atoms with Gasteiger partial charge in [0.1, 0.15) is 6.54 Å². The summed E-state index contributed by atoms with van der Waals surface area (Å²) in [6.07, 6.45) is 9.03. The molecule has 182 valence electrons. The molecule has 1 amide bonds. The van der Waals surface area contributed by atoms with Crippen molar-refractivity contribution in [2.45, 2.75) is 43.9 Å². The van der Waals surface area contributed by atoms with Crippen molar-refractivity contribution in [3.8, 4) is 0 Å². The predicted molar refractivity (Wildman–Crippen MR) is 139 cm³/mol. The molecule has 0 aliphatic heterocycles. The van der Waals surface area contributed by atoms with Crippen molar-refractivity contribution in [1.82, 2.24) is 0 Å². The monoisotopic (exact) mass is 540 g/mol. The summed E-state index contributed by atoms with van der Waals surface area (Å²) in [6, 6.07) is 10.8. The van der Waals surface area contributed by atoms with E-state index in [0.29, 0.717) is 5.69 Å². The van der Waals surface area contributed by atoms with Gasteiger partial charge in [0.2, 0.25) is 15.9 Å². The summed E-state index contributed by atoms with van der Waals surface area (Å²) < 4.78 is 25.8. The van der Waals surface area contributed by atoms with Crippen molar-refractivity contribution in [1.29, 1.82) is 0 Å². The molecule has 0 heterocycles. The molecule has 0 spiro atoms. The third-order valence-electron chi connectivity index (χ3n) is 7.77. The van der Waals surface area contributed by atoms with Gasteiger partial charge in [-0.1, -0.05) is 46.9 Å². The van der Waals surface area contributed by atoms with Crippen molar-refractivity contribution >= 4 is 62.1 Å². The highest BCUT2D eigenvalue weighted by Gasteiger charge is 2.51. The van der Waals surface area contributed by atoms with E-state index in [1.54, 1.807) is 0 Å². The fourth-order valence-corrected chi connectivity index (χ4v) is 8.34. The lowest BCUT2D eigenvalue weighted by Crippen LogP contribution is -2.48. The lowest BCUT2D eigenvalue weighted by atomic mass is 9.48. The Labute approximate surface area is 215 Å². The Balaban J connectivity index is 1.31. The molecule has 4 aliphatic rings. The van der Waals surface area contributed by atoms with Crippen LogP contribution in [0, 0.1) is 17.8 Å². The van der Waals surface area contributed by atoms with E-state index in [-0.39, 0.29) is 26.2 Å². The molecule has 0 unspecified atom stereocenters. The van der Waals surface area contributed by atoms with E-state index in [4.69, 9.17) is 34.8 Å². The Morgan fingerprint density at radius 1 is 0.941 bits per heavy atom. The number of nitrogens with zero attached hydrogens (tertiary/aromatic N) is 1. The lowest BCUT2D eigenvalue weighted by Gasteiger charge is -2.57. The fraction of sp³-hybridized carbons (Fsp3) is 0.480. The average molecular weight is 542 g/mol. The summed E-state index contributed by atoms with van der Waals surface area (Å²) in [5.74, 6) is 2.11. The van der Waals surface area contributed by atoms with Gasteiger partial charge in [-0.05, 0) is 91.5 Å². The maximum absolute atomic E-state index is 12.8. The van der Waals surface area contributed by atoms with Crippen LogP contribution in [0.4, 0.5) is 11.4 Å². The first-order valence-electron chi connectivity index (χ1n) is 11.5. The van der Waals surface area contributed by atoms with Gasteiger partial charge < -0.3 is 5.32 Å². The molecule has 2 aromatic carbocycles. The van der Waals surface area contributed by atoms with Crippen LogP contribution in [0.1, 0.15) is 44.1 Å². The van der Waals surface area contributed by atoms with Crippen molar-refractivity contribution in [3.63, 3.8) is 0 Å². The molecule has 4 aliphatic carbocycles. The summed E-state index contributed by atoms with van der Waals surface area (Å²) in [5.41, 5.74) is 2.39. The first-order chi connectivity index (χ1) is 16.0. The van der Waals surface area contributed by atoms with Gasteiger partial charge in [0.15, 0.2) is 0 Å². The molecular formula is C25H27Cl3N2O3S. The zero-order valence-corrected chi connectivity index (χ0v) is 21.9. The number of sulfonamides is 1. The molecule has 0 radical (unpaired) electrons. The van der Waals surface area contributed by atoms with Crippen LogP contribution in [0.2, 0.25) is 15.1 Å². The van der Waals surface area contributed by atoms with Gasteiger partial charge in [0.05, 0.1) is 27.0 Å². The van der Waals surface area contributed by atoms with Gasteiger partial charge in [-0.2, -0.15) is 0 Å². The summed E-state index contributed by atoms with van der Waals surface area (Å²) in [7, 11) is -3.80. The highest BCUT2D eigenvalue weighted by molar-refractivity contribution is 7.92. The lowest BCUT2D eigenvalue weighted by molar-refractivity contribution is -0.114. The van der Waals surface area contributed by atoms with Gasteiger partial charge in [0.25, 0.3) is 0 Å². The molecule has 0 saturated heterocycles. The van der Waals surface area contributed by atoms with Crippen LogP contribution in [0.15, 0.2) is 36.4 Å². The minimum atomic E-state index is -3.80. The van der Waals surface area contributed by atoms with Crippen molar-refractivity contribution in [2.24, 2.45) is 17.8 Å². The van der Waals surface area contributed by atoms with Crippen molar-refractivity contribution < 1.29 is 13.2 Å². The topological polar surface area (TPSA) is 66.5 Å². The number of carbonyl (C=O) groups is 1. The second-order valence-corrected chi connectivity index (χ2v) is 13.4. The summed E-state index contributed by atoms with van der Waals surface area (Å²) in [4.78, 5) is 12.8. The predicted octanol–water partition coefficient (Wildman–Crippen LogP) is 6.52. The number of benzene rings is 2. The highest BCUT2D eigenvalue weighted by Crippen LogP contribution is 2.60. The Kier molecular flexibility index (Phi) is 6.33. The second-order valence-electron chi connectivity index (χ2n) is 10.3. The first-order valence-corrected chi connectivity index (χ1v) is 14.5. The molecule has 5 nitrogen and oxygen atoms in total. The molecule has 9 heteroatoms. The number of carbonyl (C=O) groups excluding carboxylic acids is 1. The molecule has 0 aromatic heterocycles. The summed E-state index contributed by atoms with van der Waals surface area (Å²) in [5, 5.41) is 3.25. The molecule has 4 saturated carbocycles. The zero-order valence-electron chi connectivity index (χ0n) is 18.9. The van der Waals surface area contributed by atoms with Crippen LogP contribution in [-0.4, -0.2) is 27.1 Å². The largest absolute Gasteiger partial charge is 0.325 e. The standard InChI is InChI=1S/C25H27Cl3N2O3S/c1-34(32,33)30(23-10-21(27)20(26)9-22(23)28)14-24(31)29-19-4-2-18(3-5-19)25-11-15-6-16(12-25)8-17(7-15)13-25/h2-5,9-10,15-17H,6-8,11-14H2,1H3,(H,29,31). The quantitative estimate of drug-likeness (QED) is 0.423. The molecule has 34 heavy (non-hydrogen) atoms. The maximum Gasteiger partial charge on any atom is 0.245 e. The van der Waals surface area contributed by atoms with E-state index >= 15 is 0 Å². The van der Waals surface area contributed by atoms with Gasteiger partial charge in [-0.3, -0.25) is 9.10 Å². The van der Waals surface area contributed by atoms with E-state index in [1.807, 2.05) is 12.1 Å². The van der Waals surface area contributed by atoms with Crippen LogP contribution in [-0.2, 0) is 20.2 Å². The Bertz CT molecular complexity index is 1200. The van der Waals surface area contributed by atoms with E-state index in [9.17, 15) is 13.2 Å². The molecule has 6 rings (SSSR count). The maximum atomic E-state index is 12.8. The number of nitrogens with one attached hydrogen (secondary N) is 1. The number of anilines is 2. The van der Waals surface area contributed by atoms with Crippen molar-refractivity contribution in [2.75, 3.05) is 22.4 Å². The Morgan fingerprint density at radius 2 is 1.47 bits per heavy atom. The highest BCUT2D eigenvalue weighted by atomic mass is 35.5. The van der Waals surface area contributed by atoms with E-state index in [2.05, 4.69) is 17.4 Å². The van der Waals surface area contributed by atoms with Crippen molar-refractivity contribution in [3.05, 3.63) is 57.0 Å². The number of rotatable bonds is 6. The summed E-state index contributed by atoms with van der Waals surface area (Å²) in [6.45, 7) is -0.437. The first kappa shape index (κ1) is 24.2. The van der Waals surface area contributed by atoms with Crippen LogP contribution in [0.5, 0.6) is 0 Å². The minimum Gasteiger partial charge on any atom is -0.325 e. The molecule has 2 aromatic rings. The van der Waals surface area contributed by atoms with Crippen LogP contribution < -0.4 is 9.62 Å². The Morgan fingerprint density at radius 3 is 2.00 bits per heavy atom. The van der Waals surface area contributed by atoms with E-state index in [0.717, 1.165) is 28.3 Å². The molecular weight excluding hydrogens is 515 g/mol. The molecule has 0 atom stereocenters. The average Bonchev–Trinajstić information content (AvgIpc) is 2.73. The third-order valence-corrected chi connectivity index (χ3v) is 9.92. The van der Waals surface area contributed by atoms with Crippen LogP contribution in [0.25, 0.3) is 0 Å². The Hall–Kier alpha value is -1.47. The number of hydrogen-bond donors (Lipinski definition) is 1. The van der Waals surface area contributed by atoms with Gasteiger partial charge in [0, 0.05) is 5.69 Å². The SMILES string of the molecule is CS(=O)(=O)N(CC(=O)Nc1ccc(C23CC4CC(CC(C4)C2)C3)cc1)c1cc(Cl)c(Cl)cc1Cl. The number of hydrogen-bond acceptors (Lipinski definition) is 3. The molecule has 1 N–H and O–H groups in total. The second kappa shape index (κ2) is 8.88. The minimum absolute atomic E-state index is 0.0903. The zero-order chi connectivity index (χ0) is 24.3. The van der Waals surface area contributed by atoms with E-state index < -0.39 is 22.5 Å². The summed E-state index contributed by atoms with van der Waals surface area (Å²) >= 11 is 18.2.